The molecule has 0 saturated heterocycles. The Balaban J connectivity index is 2.01. The summed E-state index contributed by atoms with van der Waals surface area (Å²) < 4.78 is 0. The van der Waals surface area contributed by atoms with Gasteiger partial charge in [0.25, 0.3) is 0 Å². The van der Waals surface area contributed by atoms with Crippen molar-refractivity contribution in [1.29, 1.82) is 0 Å². The third-order valence-electron chi connectivity index (χ3n) is 4.49. The molecule has 0 heterocycles. The number of carbonyl (C=O) groups excluding carboxylic acids is 2. The van der Waals surface area contributed by atoms with Crippen LogP contribution in [0.4, 0.5) is 0 Å². The summed E-state index contributed by atoms with van der Waals surface area (Å²) in [7, 11) is 0. The number of hydrogen-bond acceptors (Lipinski definition) is 3. The van der Waals surface area contributed by atoms with Gasteiger partial charge in [0.05, 0.1) is 0 Å². The fourth-order valence-corrected chi connectivity index (χ4v) is 4.27. The van der Waals surface area contributed by atoms with E-state index in [1.807, 2.05) is 31.2 Å². The molecular formula is C22H25Cl3N2O2S. The Morgan fingerprint density at radius 3 is 2.37 bits per heavy atom. The summed E-state index contributed by atoms with van der Waals surface area (Å²) in [6.07, 6.45) is 1.04. The standard InChI is InChI=1S/C22H25Cl3N2O2S/c1-3-26-22(29)15(2)27(14-16-6-7-18(24)13-20(16)25)21(28)5-4-12-30-19-10-8-17(23)9-11-19/h6-11,13,15H,3-5,12,14H2,1-2H3,(H,26,29). The highest BCUT2D eigenvalue weighted by atomic mass is 35.5. The van der Waals surface area contributed by atoms with Crippen LogP contribution in [0.1, 0.15) is 32.3 Å². The van der Waals surface area contributed by atoms with Crippen LogP contribution in [0.15, 0.2) is 47.4 Å². The van der Waals surface area contributed by atoms with E-state index in [-0.39, 0.29) is 18.4 Å². The van der Waals surface area contributed by atoms with E-state index in [4.69, 9.17) is 34.8 Å². The van der Waals surface area contributed by atoms with Crippen molar-refractivity contribution in [2.45, 2.75) is 44.2 Å². The fraction of sp³-hybridized carbons (Fsp3) is 0.364. The van der Waals surface area contributed by atoms with Crippen molar-refractivity contribution in [1.82, 2.24) is 10.2 Å². The van der Waals surface area contributed by atoms with E-state index in [0.717, 1.165) is 16.2 Å². The fourth-order valence-electron chi connectivity index (χ4n) is 2.83. The number of halogens is 3. The van der Waals surface area contributed by atoms with E-state index in [1.54, 1.807) is 41.8 Å². The Hall–Kier alpha value is -1.40. The predicted molar refractivity (Wildman–Crippen MR) is 127 cm³/mol. The van der Waals surface area contributed by atoms with E-state index in [1.165, 1.54) is 0 Å². The Bertz CT molecular complexity index is 862. The van der Waals surface area contributed by atoms with Gasteiger partial charge in [-0.2, -0.15) is 0 Å². The van der Waals surface area contributed by atoms with Crippen molar-refractivity contribution in [2.24, 2.45) is 0 Å². The molecule has 0 aliphatic rings. The van der Waals surface area contributed by atoms with Crippen LogP contribution in [0, 0.1) is 0 Å². The monoisotopic (exact) mass is 486 g/mol. The summed E-state index contributed by atoms with van der Waals surface area (Å²) in [5.74, 6) is 0.515. The van der Waals surface area contributed by atoms with Crippen molar-refractivity contribution >= 4 is 58.4 Å². The van der Waals surface area contributed by atoms with E-state index >= 15 is 0 Å². The molecular weight excluding hydrogens is 463 g/mol. The molecule has 0 aromatic heterocycles. The molecule has 2 amide bonds. The number of benzene rings is 2. The van der Waals surface area contributed by atoms with E-state index in [2.05, 4.69) is 5.32 Å². The molecule has 0 aliphatic carbocycles. The van der Waals surface area contributed by atoms with Crippen LogP contribution in [0.25, 0.3) is 0 Å². The lowest BCUT2D eigenvalue weighted by Gasteiger charge is -2.29. The van der Waals surface area contributed by atoms with Gasteiger partial charge in [0.2, 0.25) is 11.8 Å². The highest BCUT2D eigenvalue weighted by molar-refractivity contribution is 7.99. The summed E-state index contributed by atoms with van der Waals surface area (Å²) in [5, 5.41) is 4.48. The largest absolute Gasteiger partial charge is 0.355 e. The summed E-state index contributed by atoms with van der Waals surface area (Å²) in [4.78, 5) is 28.0. The molecule has 1 unspecified atom stereocenters. The Kier molecular flexibility index (Phi) is 10.3. The normalized spacial score (nSPS) is 11.8. The van der Waals surface area contributed by atoms with Crippen LogP contribution < -0.4 is 5.32 Å². The molecule has 4 nitrogen and oxygen atoms in total. The van der Waals surface area contributed by atoms with Gasteiger partial charge in [-0.25, -0.2) is 0 Å². The smallest absolute Gasteiger partial charge is 0.242 e. The van der Waals surface area contributed by atoms with Crippen molar-refractivity contribution in [2.75, 3.05) is 12.3 Å². The Morgan fingerprint density at radius 2 is 1.73 bits per heavy atom. The van der Waals surface area contributed by atoms with Gasteiger partial charge >= 0.3 is 0 Å². The summed E-state index contributed by atoms with van der Waals surface area (Å²) in [6, 6.07) is 12.2. The zero-order valence-electron chi connectivity index (χ0n) is 17.0. The summed E-state index contributed by atoms with van der Waals surface area (Å²) in [5.41, 5.74) is 0.751. The first-order chi connectivity index (χ1) is 14.3. The molecule has 0 fully saturated rings. The maximum absolute atomic E-state index is 13.0. The highest BCUT2D eigenvalue weighted by Crippen LogP contribution is 2.25. The van der Waals surface area contributed by atoms with Crippen LogP contribution >= 0.6 is 46.6 Å². The van der Waals surface area contributed by atoms with Crippen LogP contribution in [0.5, 0.6) is 0 Å². The maximum atomic E-state index is 13.0. The molecule has 30 heavy (non-hydrogen) atoms. The average Bonchev–Trinajstić information content (AvgIpc) is 2.71. The van der Waals surface area contributed by atoms with Crippen molar-refractivity contribution in [3.05, 3.63) is 63.1 Å². The molecule has 1 atom stereocenters. The minimum absolute atomic E-state index is 0.0866. The molecule has 2 aromatic carbocycles. The minimum atomic E-state index is -0.604. The second kappa shape index (κ2) is 12.5. The molecule has 2 rings (SSSR count). The zero-order chi connectivity index (χ0) is 22.1. The Morgan fingerprint density at radius 1 is 1.07 bits per heavy atom. The van der Waals surface area contributed by atoms with Crippen LogP contribution in [-0.4, -0.2) is 35.1 Å². The van der Waals surface area contributed by atoms with Gasteiger partial charge < -0.3 is 10.2 Å². The SMILES string of the molecule is CCNC(=O)C(C)N(Cc1ccc(Cl)cc1Cl)C(=O)CCCSc1ccc(Cl)cc1. The molecule has 2 aromatic rings. The maximum Gasteiger partial charge on any atom is 0.242 e. The molecule has 0 bridgehead atoms. The van der Waals surface area contributed by atoms with Crippen LogP contribution in [0.2, 0.25) is 15.1 Å². The first kappa shape index (κ1) is 24.9. The number of nitrogens with one attached hydrogen (secondary N) is 1. The molecule has 8 heteroatoms. The van der Waals surface area contributed by atoms with Gasteiger partial charge in [0.1, 0.15) is 6.04 Å². The number of hydrogen-bond donors (Lipinski definition) is 1. The van der Waals surface area contributed by atoms with Crippen molar-refractivity contribution in [3.8, 4) is 0 Å². The summed E-state index contributed by atoms with van der Waals surface area (Å²) in [6.45, 7) is 4.33. The van der Waals surface area contributed by atoms with Crippen molar-refractivity contribution < 1.29 is 9.59 Å². The first-order valence-corrected chi connectivity index (χ1v) is 11.8. The second-order valence-corrected chi connectivity index (χ2v) is 9.18. The quantitative estimate of drug-likeness (QED) is 0.327. The molecule has 1 N–H and O–H groups in total. The molecule has 0 radical (unpaired) electrons. The van der Waals surface area contributed by atoms with E-state index < -0.39 is 6.04 Å². The van der Waals surface area contributed by atoms with Crippen LogP contribution in [-0.2, 0) is 16.1 Å². The topological polar surface area (TPSA) is 49.4 Å². The van der Waals surface area contributed by atoms with Gasteiger partial charge in [0, 0.05) is 39.5 Å². The number of amides is 2. The number of rotatable bonds is 10. The lowest BCUT2D eigenvalue weighted by Crippen LogP contribution is -2.47. The summed E-state index contributed by atoms with van der Waals surface area (Å²) >= 11 is 19.8. The molecule has 0 spiro atoms. The van der Waals surface area contributed by atoms with Crippen LogP contribution in [0.3, 0.4) is 0 Å². The minimum Gasteiger partial charge on any atom is -0.355 e. The third-order valence-corrected chi connectivity index (χ3v) is 6.43. The highest BCUT2D eigenvalue weighted by Gasteiger charge is 2.26. The zero-order valence-corrected chi connectivity index (χ0v) is 20.0. The number of thioether (sulfide) groups is 1. The van der Waals surface area contributed by atoms with Crippen molar-refractivity contribution in [3.63, 3.8) is 0 Å². The molecule has 162 valence electrons. The van der Waals surface area contributed by atoms with Gasteiger partial charge in [-0.1, -0.05) is 40.9 Å². The second-order valence-electron chi connectivity index (χ2n) is 6.73. The number of likely N-dealkylation sites (N-methyl/N-ethyl adjacent to an activating group) is 1. The third kappa shape index (κ3) is 7.69. The van der Waals surface area contributed by atoms with Gasteiger partial charge in [-0.05, 0) is 68.0 Å². The Labute approximate surface area is 197 Å². The van der Waals surface area contributed by atoms with Gasteiger partial charge in [0.15, 0.2) is 0 Å². The lowest BCUT2D eigenvalue weighted by atomic mass is 10.1. The van der Waals surface area contributed by atoms with E-state index in [0.29, 0.717) is 34.5 Å². The average molecular weight is 488 g/mol. The van der Waals surface area contributed by atoms with Gasteiger partial charge in [-0.15, -0.1) is 11.8 Å². The van der Waals surface area contributed by atoms with Gasteiger partial charge in [-0.3, -0.25) is 9.59 Å². The number of carbonyl (C=O) groups is 2. The predicted octanol–water partition coefficient (Wildman–Crippen LogP) is 6.07. The lowest BCUT2D eigenvalue weighted by molar-refractivity contribution is -0.140. The molecule has 0 saturated carbocycles. The first-order valence-electron chi connectivity index (χ1n) is 9.71. The molecule has 0 aliphatic heterocycles. The van der Waals surface area contributed by atoms with E-state index in [9.17, 15) is 9.59 Å². The number of nitrogens with zero attached hydrogens (tertiary/aromatic N) is 1.